The number of esters is 1. The zero-order chi connectivity index (χ0) is 16.1. The number of nitrogens with zero attached hydrogens (tertiary/aromatic N) is 1. The number of ether oxygens (including phenoxy) is 2. The molecule has 1 saturated heterocycles. The minimum atomic E-state index is -0.508. The summed E-state index contributed by atoms with van der Waals surface area (Å²) >= 11 is 0. The Balaban J connectivity index is 2.03. The predicted molar refractivity (Wildman–Crippen MR) is 80.7 cm³/mol. The summed E-state index contributed by atoms with van der Waals surface area (Å²) in [6, 6.07) is 5.37. The molecule has 2 rings (SSSR count). The maximum atomic E-state index is 12.2. The molecule has 118 valence electrons. The number of nitro benzene ring substituents is 1. The molecular weight excluding hydrogens is 286 g/mol. The van der Waals surface area contributed by atoms with Crippen LogP contribution >= 0.6 is 0 Å². The molecule has 1 heterocycles. The Bertz CT molecular complexity index is 554. The van der Waals surface area contributed by atoms with Crippen molar-refractivity contribution in [2.24, 2.45) is 0 Å². The molecule has 1 aliphatic heterocycles. The van der Waals surface area contributed by atoms with E-state index in [2.05, 4.69) is 6.58 Å². The smallest absolute Gasteiger partial charge is 0.338 e. The highest BCUT2D eigenvalue weighted by Crippen LogP contribution is 2.25. The summed E-state index contributed by atoms with van der Waals surface area (Å²) in [5.74, 6) is -0.493. The van der Waals surface area contributed by atoms with E-state index >= 15 is 0 Å². The molecule has 0 amide bonds. The van der Waals surface area contributed by atoms with Gasteiger partial charge in [0.05, 0.1) is 22.7 Å². The third-order valence-corrected chi connectivity index (χ3v) is 3.65. The second-order valence-corrected chi connectivity index (χ2v) is 5.33. The molecule has 0 N–H and O–H groups in total. The van der Waals surface area contributed by atoms with E-state index < -0.39 is 10.9 Å². The first-order chi connectivity index (χ1) is 10.5. The number of hydrogen-bond acceptors (Lipinski definition) is 5. The highest BCUT2D eigenvalue weighted by Gasteiger charge is 2.31. The molecule has 22 heavy (non-hydrogen) atoms. The lowest BCUT2D eigenvalue weighted by atomic mass is 9.99. The summed E-state index contributed by atoms with van der Waals surface area (Å²) in [5.41, 5.74) is 0.234. The lowest BCUT2D eigenvalue weighted by Crippen LogP contribution is -2.40. The topological polar surface area (TPSA) is 78.7 Å². The fourth-order valence-corrected chi connectivity index (χ4v) is 2.47. The number of hydrogen-bond donors (Lipinski definition) is 0. The number of carbonyl (C=O) groups is 1. The van der Waals surface area contributed by atoms with Gasteiger partial charge in [-0.15, -0.1) is 6.58 Å². The summed E-state index contributed by atoms with van der Waals surface area (Å²) in [7, 11) is 0. The Morgan fingerprint density at radius 2 is 2.14 bits per heavy atom. The number of carbonyl (C=O) groups excluding carboxylic acids is 1. The van der Waals surface area contributed by atoms with Crippen molar-refractivity contribution in [1.82, 2.24) is 0 Å². The van der Waals surface area contributed by atoms with Crippen molar-refractivity contribution in [1.29, 1.82) is 0 Å². The van der Waals surface area contributed by atoms with Crippen LogP contribution in [-0.2, 0) is 9.47 Å². The molecule has 0 spiro atoms. The molecule has 1 aliphatic rings. The van der Waals surface area contributed by atoms with Crippen LogP contribution in [0.4, 0.5) is 5.69 Å². The quantitative estimate of drug-likeness (QED) is 0.361. The minimum Gasteiger partial charge on any atom is -0.456 e. The van der Waals surface area contributed by atoms with Crippen LogP contribution in [0.5, 0.6) is 0 Å². The van der Waals surface area contributed by atoms with Gasteiger partial charge in [0.25, 0.3) is 5.69 Å². The lowest BCUT2D eigenvalue weighted by molar-refractivity contribution is -0.384. The number of nitro groups is 1. The third kappa shape index (κ3) is 3.92. The molecule has 6 heteroatoms. The fraction of sp³-hybridized carbons (Fsp3) is 0.438. The van der Waals surface area contributed by atoms with Crippen molar-refractivity contribution >= 4 is 11.7 Å². The van der Waals surface area contributed by atoms with Crippen molar-refractivity contribution in [3.63, 3.8) is 0 Å². The van der Waals surface area contributed by atoms with E-state index in [1.165, 1.54) is 24.3 Å². The van der Waals surface area contributed by atoms with Gasteiger partial charge in [-0.3, -0.25) is 10.1 Å². The summed E-state index contributed by atoms with van der Waals surface area (Å²) in [4.78, 5) is 22.3. The van der Waals surface area contributed by atoms with Crippen LogP contribution < -0.4 is 0 Å². The van der Waals surface area contributed by atoms with E-state index in [4.69, 9.17) is 9.47 Å². The van der Waals surface area contributed by atoms with Crippen LogP contribution in [0.1, 0.15) is 36.5 Å². The van der Waals surface area contributed by atoms with E-state index in [-0.39, 0.29) is 24.0 Å². The Kier molecular flexibility index (Phi) is 5.27. The van der Waals surface area contributed by atoms with Crippen LogP contribution in [0.2, 0.25) is 0 Å². The standard InChI is InChI=1S/C16H19NO5/c1-3-4-14-15(10-5-11(2)21-14)22-16(18)12-6-8-13(9-7-12)17(19)20/h3,6-9,11,14-15H,1,4-5,10H2,2H3/t11-,14-,15+/m1/s1. The zero-order valence-corrected chi connectivity index (χ0v) is 12.4. The van der Waals surface area contributed by atoms with Gasteiger partial charge < -0.3 is 9.47 Å². The number of benzene rings is 1. The predicted octanol–water partition coefficient (Wildman–Crippen LogP) is 3.26. The van der Waals surface area contributed by atoms with Crippen LogP contribution in [0.3, 0.4) is 0 Å². The molecular formula is C16H19NO5. The summed E-state index contributed by atoms with van der Waals surface area (Å²) < 4.78 is 11.3. The maximum Gasteiger partial charge on any atom is 0.338 e. The van der Waals surface area contributed by atoms with E-state index in [1.807, 2.05) is 6.92 Å². The highest BCUT2D eigenvalue weighted by atomic mass is 16.6. The summed E-state index contributed by atoms with van der Waals surface area (Å²) in [6.45, 7) is 5.68. The molecule has 3 atom stereocenters. The molecule has 1 aromatic rings. The van der Waals surface area contributed by atoms with E-state index in [1.54, 1.807) is 6.08 Å². The molecule has 0 saturated carbocycles. The first-order valence-electron chi connectivity index (χ1n) is 7.23. The van der Waals surface area contributed by atoms with Crippen molar-refractivity contribution in [3.05, 3.63) is 52.6 Å². The van der Waals surface area contributed by atoms with E-state index in [0.29, 0.717) is 12.0 Å². The van der Waals surface area contributed by atoms with Crippen molar-refractivity contribution in [3.8, 4) is 0 Å². The zero-order valence-electron chi connectivity index (χ0n) is 12.4. The number of rotatable bonds is 5. The average Bonchev–Trinajstić information content (AvgIpc) is 2.50. The van der Waals surface area contributed by atoms with Gasteiger partial charge in [0.1, 0.15) is 6.10 Å². The molecule has 6 nitrogen and oxygen atoms in total. The second-order valence-electron chi connectivity index (χ2n) is 5.33. The Morgan fingerprint density at radius 1 is 1.45 bits per heavy atom. The molecule has 0 unspecified atom stereocenters. The first kappa shape index (κ1) is 16.2. The molecule has 0 aromatic heterocycles. The normalized spacial score (nSPS) is 24.5. The summed E-state index contributed by atoms with van der Waals surface area (Å²) in [5, 5.41) is 10.6. The first-order valence-corrected chi connectivity index (χ1v) is 7.23. The summed E-state index contributed by atoms with van der Waals surface area (Å²) in [6.07, 6.45) is 3.54. The van der Waals surface area contributed by atoms with Gasteiger partial charge in [-0.2, -0.15) is 0 Å². The van der Waals surface area contributed by atoms with Gasteiger partial charge in [0, 0.05) is 12.1 Å². The monoisotopic (exact) mass is 305 g/mol. The third-order valence-electron chi connectivity index (χ3n) is 3.65. The molecule has 0 aliphatic carbocycles. The van der Waals surface area contributed by atoms with Gasteiger partial charge in [-0.05, 0) is 38.3 Å². The highest BCUT2D eigenvalue weighted by molar-refractivity contribution is 5.89. The Morgan fingerprint density at radius 3 is 2.73 bits per heavy atom. The molecule has 1 fully saturated rings. The average molecular weight is 305 g/mol. The van der Waals surface area contributed by atoms with Crippen molar-refractivity contribution < 1.29 is 19.2 Å². The van der Waals surface area contributed by atoms with Crippen LogP contribution in [0.15, 0.2) is 36.9 Å². The van der Waals surface area contributed by atoms with Gasteiger partial charge in [0.2, 0.25) is 0 Å². The maximum absolute atomic E-state index is 12.2. The molecule has 0 radical (unpaired) electrons. The van der Waals surface area contributed by atoms with Gasteiger partial charge in [-0.1, -0.05) is 6.08 Å². The lowest BCUT2D eigenvalue weighted by Gasteiger charge is -2.34. The van der Waals surface area contributed by atoms with E-state index in [0.717, 1.165) is 12.8 Å². The minimum absolute atomic E-state index is 0.0593. The van der Waals surface area contributed by atoms with Gasteiger partial charge in [-0.25, -0.2) is 4.79 Å². The Labute approximate surface area is 128 Å². The van der Waals surface area contributed by atoms with Crippen LogP contribution in [0.25, 0.3) is 0 Å². The van der Waals surface area contributed by atoms with Crippen molar-refractivity contribution in [2.75, 3.05) is 0 Å². The second kappa shape index (κ2) is 7.17. The van der Waals surface area contributed by atoms with Crippen LogP contribution in [0, 0.1) is 10.1 Å². The molecule has 0 bridgehead atoms. The van der Waals surface area contributed by atoms with Crippen LogP contribution in [-0.4, -0.2) is 29.2 Å². The van der Waals surface area contributed by atoms with Gasteiger partial charge in [0.15, 0.2) is 0 Å². The van der Waals surface area contributed by atoms with Gasteiger partial charge >= 0.3 is 5.97 Å². The molecule has 1 aromatic carbocycles. The fourth-order valence-electron chi connectivity index (χ4n) is 2.47. The largest absolute Gasteiger partial charge is 0.456 e. The van der Waals surface area contributed by atoms with Crippen molar-refractivity contribution in [2.45, 2.75) is 44.5 Å². The van der Waals surface area contributed by atoms with E-state index in [9.17, 15) is 14.9 Å². The SMILES string of the molecule is C=CC[C@H]1O[C@H](C)CC[C@@H]1OC(=O)c1ccc([N+](=O)[O-])cc1. The number of non-ortho nitro benzene ring substituents is 1. The Hall–Kier alpha value is -2.21.